The van der Waals surface area contributed by atoms with Crippen molar-refractivity contribution in [2.75, 3.05) is 25.0 Å². The number of anilines is 1. The van der Waals surface area contributed by atoms with Crippen molar-refractivity contribution in [3.8, 4) is 11.1 Å². The molecule has 1 saturated heterocycles. The molecule has 0 saturated carbocycles. The second kappa shape index (κ2) is 12.9. The zero-order valence-corrected chi connectivity index (χ0v) is 27.7. The summed E-state index contributed by atoms with van der Waals surface area (Å²) in [6.07, 6.45) is 6.69. The number of aromatic nitrogens is 3. The van der Waals surface area contributed by atoms with E-state index in [1.165, 1.54) is 53.2 Å². The van der Waals surface area contributed by atoms with Gasteiger partial charge >= 0.3 is 0 Å². The molecule has 2 atom stereocenters. The summed E-state index contributed by atoms with van der Waals surface area (Å²) in [6.45, 7) is 8.21. The Kier molecular flexibility index (Phi) is 8.69. The van der Waals surface area contributed by atoms with Gasteiger partial charge in [0.15, 0.2) is 11.2 Å². The molecule has 46 heavy (non-hydrogen) atoms. The molecule has 3 aliphatic rings. The number of carbonyl (C=O) groups excluding carboxylic acids is 2. The van der Waals surface area contributed by atoms with E-state index in [4.69, 9.17) is 11.6 Å². The van der Waals surface area contributed by atoms with Crippen LogP contribution in [0.25, 0.3) is 11.1 Å². The van der Waals surface area contributed by atoms with Crippen LogP contribution in [0, 0.1) is 0 Å². The van der Waals surface area contributed by atoms with Crippen LogP contribution in [0.3, 0.4) is 0 Å². The summed E-state index contributed by atoms with van der Waals surface area (Å²) >= 11 is 8.18. The van der Waals surface area contributed by atoms with Gasteiger partial charge in [-0.25, -0.2) is 14.4 Å². The molecule has 8 nitrogen and oxygen atoms in total. The standard InChI is InChI=1S/C35H38ClFN6O2S/c1-3-10-41-11-7-22(8-12-41)26-6-5-23(14-21(26)4-2)24-15-27-28(29(36)16-24)19-43(34(27)45)32(33(44)40-35-38-9-13-46-35)31-30-17-25(37)18-42(30)20-39-31/h5-6,9,13-16,20,22,25,32H,3-4,7-8,10-12,17-19H2,1-2H3,(H,38,40,44)/t25-,32?/m1/s1. The van der Waals surface area contributed by atoms with Gasteiger partial charge in [0.25, 0.3) is 11.8 Å². The number of alkyl halides is 1. The van der Waals surface area contributed by atoms with Gasteiger partial charge in [0, 0.05) is 46.4 Å². The van der Waals surface area contributed by atoms with Crippen molar-refractivity contribution < 1.29 is 14.0 Å². The zero-order chi connectivity index (χ0) is 31.9. The Labute approximate surface area is 277 Å². The number of fused-ring (bicyclic) bond motifs is 2. The molecule has 1 fully saturated rings. The van der Waals surface area contributed by atoms with Gasteiger partial charge in [-0.05, 0) is 85.6 Å². The Balaban J connectivity index is 1.19. The molecule has 0 aliphatic carbocycles. The van der Waals surface area contributed by atoms with Gasteiger partial charge < -0.3 is 14.4 Å². The number of likely N-dealkylation sites (tertiary alicyclic amines) is 1. The first-order valence-corrected chi connectivity index (χ1v) is 17.5. The molecule has 0 bridgehead atoms. The topological polar surface area (TPSA) is 83.4 Å². The van der Waals surface area contributed by atoms with Crippen LogP contribution < -0.4 is 5.32 Å². The number of hydrogen-bond donors (Lipinski definition) is 1. The Bertz CT molecular complexity index is 1770. The predicted octanol–water partition coefficient (Wildman–Crippen LogP) is 7.04. The quantitative estimate of drug-likeness (QED) is 0.208. The van der Waals surface area contributed by atoms with E-state index in [1.54, 1.807) is 22.5 Å². The van der Waals surface area contributed by atoms with Crippen LogP contribution in [0.1, 0.15) is 83.5 Å². The molecule has 11 heteroatoms. The van der Waals surface area contributed by atoms with Crippen molar-refractivity contribution in [1.29, 1.82) is 0 Å². The van der Waals surface area contributed by atoms with E-state index in [0.29, 0.717) is 38.6 Å². The molecular formula is C35H38ClFN6O2S. The summed E-state index contributed by atoms with van der Waals surface area (Å²) in [5.74, 6) is -0.193. The fourth-order valence-corrected chi connectivity index (χ4v) is 8.24. The molecule has 2 amide bonds. The summed E-state index contributed by atoms with van der Waals surface area (Å²) in [6, 6.07) is 9.40. The molecule has 4 aromatic rings. The van der Waals surface area contributed by atoms with Crippen LogP contribution >= 0.6 is 22.9 Å². The summed E-state index contributed by atoms with van der Waals surface area (Å²) in [4.78, 5) is 40.7. The molecule has 240 valence electrons. The van der Waals surface area contributed by atoms with Crippen LogP contribution in [0.5, 0.6) is 0 Å². The van der Waals surface area contributed by atoms with Gasteiger partial charge in [0.05, 0.1) is 18.6 Å². The highest BCUT2D eigenvalue weighted by Gasteiger charge is 2.42. The maximum Gasteiger partial charge on any atom is 0.255 e. The van der Waals surface area contributed by atoms with Crippen LogP contribution in [-0.2, 0) is 30.7 Å². The van der Waals surface area contributed by atoms with Crippen molar-refractivity contribution in [2.45, 2.75) is 77.2 Å². The van der Waals surface area contributed by atoms with Crippen LogP contribution in [0.4, 0.5) is 9.52 Å². The normalized spacial score (nSPS) is 19.0. The van der Waals surface area contributed by atoms with Gasteiger partial charge in [-0.2, -0.15) is 0 Å². The van der Waals surface area contributed by atoms with E-state index in [9.17, 15) is 14.0 Å². The third-order valence-corrected chi connectivity index (χ3v) is 10.7. The third kappa shape index (κ3) is 5.75. The Hall–Kier alpha value is -3.60. The fraction of sp³-hybridized carbons (Fsp3) is 0.429. The van der Waals surface area contributed by atoms with Gasteiger partial charge in [-0.3, -0.25) is 14.9 Å². The third-order valence-electron chi connectivity index (χ3n) is 9.71. The highest BCUT2D eigenvalue weighted by molar-refractivity contribution is 7.13. The lowest BCUT2D eigenvalue weighted by Gasteiger charge is -2.33. The van der Waals surface area contributed by atoms with Gasteiger partial charge in [-0.15, -0.1) is 11.3 Å². The molecule has 2 aromatic heterocycles. The van der Waals surface area contributed by atoms with Crippen molar-refractivity contribution in [1.82, 2.24) is 24.3 Å². The maximum absolute atomic E-state index is 14.4. The number of aryl methyl sites for hydroxylation is 1. The molecule has 1 N–H and O–H groups in total. The number of nitrogens with one attached hydrogen (secondary N) is 1. The van der Waals surface area contributed by atoms with E-state index in [1.807, 2.05) is 12.1 Å². The maximum atomic E-state index is 14.4. The van der Waals surface area contributed by atoms with E-state index >= 15 is 0 Å². The Morgan fingerprint density at radius 3 is 2.72 bits per heavy atom. The second-order valence-corrected chi connectivity index (χ2v) is 13.9. The number of rotatable bonds is 9. The fourth-order valence-electron chi connectivity index (χ4n) is 7.42. The van der Waals surface area contributed by atoms with Gasteiger partial charge in [-0.1, -0.05) is 43.6 Å². The summed E-state index contributed by atoms with van der Waals surface area (Å²) in [5.41, 5.74) is 6.79. The molecule has 0 spiro atoms. The number of nitrogens with zero attached hydrogens (tertiary/aromatic N) is 5. The minimum atomic E-state index is -1.07. The lowest BCUT2D eigenvalue weighted by atomic mass is 9.84. The van der Waals surface area contributed by atoms with E-state index in [-0.39, 0.29) is 25.4 Å². The molecule has 3 aliphatic heterocycles. The Morgan fingerprint density at radius 1 is 1.15 bits per heavy atom. The zero-order valence-electron chi connectivity index (χ0n) is 26.1. The SMILES string of the molecule is CCCN1CCC(c2ccc(-c3cc(Cl)c4c(c3)C(=O)N(C(C(=O)Nc3nccs3)c3ncn5c3C[C@@H](F)C5)C4)cc2CC)CC1. The minimum Gasteiger partial charge on any atom is -0.331 e. The number of benzene rings is 2. The van der Waals surface area contributed by atoms with Gasteiger partial charge in [0.2, 0.25) is 0 Å². The first-order chi connectivity index (χ1) is 22.3. The summed E-state index contributed by atoms with van der Waals surface area (Å²) in [7, 11) is 0. The number of halogens is 2. The smallest absolute Gasteiger partial charge is 0.255 e. The van der Waals surface area contributed by atoms with Gasteiger partial charge in [0.1, 0.15) is 6.17 Å². The lowest BCUT2D eigenvalue weighted by molar-refractivity contribution is -0.121. The van der Waals surface area contributed by atoms with E-state index < -0.39 is 18.1 Å². The number of imidazole rings is 1. The average Bonchev–Trinajstić information content (AvgIpc) is 3.85. The van der Waals surface area contributed by atoms with Crippen molar-refractivity contribution in [3.63, 3.8) is 0 Å². The summed E-state index contributed by atoms with van der Waals surface area (Å²) in [5, 5.41) is 5.50. The molecular weight excluding hydrogens is 623 g/mol. The number of hydrogen-bond acceptors (Lipinski definition) is 6. The number of amides is 2. The number of thiazole rings is 1. The number of piperidine rings is 1. The monoisotopic (exact) mass is 660 g/mol. The van der Waals surface area contributed by atoms with E-state index in [2.05, 4.69) is 52.2 Å². The molecule has 7 rings (SSSR count). The average molecular weight is 661 g/mol. The second-order valence-electron chi connectivity index (χ2n) is 12.6. The first-order valence-electron chi connectivity index (χ1n) is 16.2. The van der Waals surface area contributed by atoms with Crippen molar-refractivity contribution >= 4 is 39.9 Å². The molecule has 2 aromatic carbocycles. The van der Waals surface area contributed by atoms with Crippen LogP contribution in [0.15, 0.2) is 48.2 Å². The summed E-state index contributed by atoms with van der Waals surface area (Å²) < 4.78 is 16.1. The van der Waals surface area contributed by atoms with Crippen LogP contribution in [0.2, 0.25) is 5.02 Å². The van der Waals surface area contributed by atoms with Crippen LogP contribution in [-0.4, -0.2) is 62.0 Å². The largest absolute Gasteiger partial charge is 0.331 e. The Morgan fingerprint density at radius 2 is 1.98 bits per heavy atom. The first kappa shape index (κ1) is 31.0. The molecule has 1 unspecified atom stereocenters. The predicted molar refractivity (Wildman–Crippen MR) is 179 cm³/mol. The highest BCUT2D eigenvalue weighted by atomic mass is 35.5. The van der Waals surface area contributed by atoms with Crippen molar-refractivity contribution in [2.24, 2.45) is 0 Å². The highest BCUT2D eigenvalue weighted by Crippen LogP contribution is 2.41. The molecule has 0 radical (unpaired) electrons. The lowest BCUT2D eigenvalue weighted by Crippen LogP contribution is -2.38. The van der Waals surface area contributed by atoms with E-state index in [0.717, 1.165) is 30.6 Å². The minimum absolute atomic E-state index is 0.143. The van der Waals surface area contributed by atoms with Crippen molar-refractivity contribution in [3.05, 3.63) is 86.9 Å². The molecule has 5 heterocycles. The number of carbonyl (C=O) groups is 2.